The number of benzene rings is 2. The summed E-state index contributed by atoms with van der Waals surface area (Å²) in [5.74, 6) is 1.17. The van der Waals surface area contributed by atoms with E-state index >= 15 is 0 Å². The van der Waals surface area contributed by atoms with Crippen LogP contribution in [0.1, 0.15) is 81.1 Å². The maximum absolute atomic E-state index is 4.70. The highest BCUT2D eigenvalue weighted by atomic mass is 14.7. The van der Waals surface area contributed by atoms with Crippen LogP contribution in [0.15, 0.2) is 92.9 Å². The molecule has 6 rings (SSSR count). The zero-order valence-electron chi connectivity index (χ0n) is 24.8. The predicted octanol–water partition coefficient (Wildman–Crippen LogP) is 10.3. The first kappa shape index (κ1) is 26.9. The number of hydrogen-bond donors (Lipinski definition) is 0. The van der Waals surface area contributed by atoms with Crippen molar-refractivity contribution >= 4 is 23.8 Å². The summed E-state index contributed by atoms with van der Waals surface area (Å²) in [7, 11) is 0. The second kappa shape index (κ2) is 9.47. The van der Waals surface area contributed by atoms with Gasteiger partial charge in [0.15, 0.2) is 0 Å². The number of hydrogen-bond acceptors (Lipinski definition) is 2. The Morgan fingerprint density at radius 1 is 0.553 bits per heavy atom. The third-order valence-electron chi connectivity index (χ3n) is 11.5. The van der Waals surface area contributed by atoms with Gasteiger partial charge in [-0.05, 0) is 99.3 Å². The van der Waals surface area contributed by atoms with Gasteiger partial charge in [0.05, 0.1) is 11.4 Å². The molecular formula is C36H46N2. The average Bonchev–Trinajstić information content (AvgIpc) is 3.47. The Labute approximate surface area is 231 Å². The molecule has 0 radical (unpaired) electrons. The molecule has 6 atom stereocenters. The molecule has 0 aromatic heterocycles. The fourth-order valence-electron chi connectivity index (χ4n) is 8.42. The Balaban J connectivity index is 0.000000155. The lowest BCUT2D eigenvalue weighted by Gasteiger charge is -2.32. The highest BCUT2D eigenvalue weighted by molar-refractivity contribution is 5.70. The van der Waals surface area contributed by atoms with Crippen LogP contribution in [0.4, 0.5) is 11.4 Å². The average molecular weight is 507 g/mol. The van der Waals surface area contributed by atoms with Gasteiger partial charge in [-0.1, -0.05) is 86.4 Å². The van der Waals surface area contributed by atoms with E-state index in [9.17, 15) is 0 Å². The zero-order valence-corrected chi connectivity index (χ0v) is 24.8. The van der Waals surface area contributed by atoms with Gasteiger partial charge >= 0.3 is 0 Å². The number of allylic oxidation sites excluding steroid dienone is 4. The summed E-state index contributed by atoms with van der Waals surface area (Å²) in [4.78, 5) is 9.39. The topological polar surface area (TPSA) is 24.7 Å². The lowest BCUT2D eigenvalue weighted by molar-refractivity contribution is 0.365. The molecule has 2 nitrogen and oxygen atoms in total. The zero-order chi connectivity index (χ0) is 27.3. The molecule has 4 bridgehead atoms. The van der Waals surface area contributed by atoms with Crippen LogP contribution < -0.4 is 0 Å². The van der Waals surface area contributed by atoms with Crippen LogP contribution in [0.5, 0.6) is 0 Å². The molecule has 2 heteroatoms. The summed E-state index contributed by atoms with van der Waals surface area (Å²) in [6, 6.07) is 20.5. The maximum atomic E-state index is 4.70. The molecule has 0 amide bonds. The second-order valence-corrected chi connectivity index (χ2v) is 13.7. The van der Waals surface area contributed by atoms with Gasteiger partial charge in [-0.3, -0.25) is 9.98 Å². The molecule has 2 aromatic carbocycles. The summed E-state index contributed by atoms with van der Waals surface area (Å²) in [6.45, 7) is 19.0. The summed E-state index contributed by atoms with van der Waals surface area (Å²) in [6.07, 6.45) is 9.51. The molecule has 6 unspecified atom stereocenters. The smallest absolute Gasteiger partial charge is 0.0625 e. The van der Waals surface area contributed by atoms with E-state index in [1.165, 1.54) is 25.7 Å². The van der Waals surface area contributed by atoms with Crippen molar-refractivity contribution in [1.82, 2.24) is 0 Å². The molecule has 2 saturated carbocycles. The van der Waals surface area contributed by atoms with Crippen LogP contribution in [0.3, 0.4) is 0 Å². The van der Waals surface area contributed by atoms with E-state index in [0.717, 1.165) is 11.4 Å². The fourth-order valence-corrected chi connectivity index (χ4v) is 8.42. The van der Waals surface area contributed by atoms with Gasteiger partial charge in [0.1, 0.15) is 0 Å². The Bertz CT molecular complexity index is 1210. The maximum Gasteiger partial charge on any atom is 0.0625 e. The van der Waals surface area contributed by atoms with Crippen molar-refractivity contribution in [3.63, 3.8) is 0 Å². The fraction of sp³-hybridized carbons (Fsp3) is 0.500. The Morgan fingerprint density at radius 3 is 1.18 bits per heavy atom. The highest BCUT2D eigenvalue weighted by Crippen LogP contribution is 2.66. The van der Waals surface area contributed by atoms with Crippen molar-refractivity contribution in [2.45, 2.75) is 81.1 Å². The SMILES string of the molecule is CC1=C(C)C2(C)CC1(C)CC2C=Nc1ccccc1.CC1=C(C)C2(C)CC1(C)CC2C=Nc1ccccc1. The summed E-state index contributed by atoms with van der Waals surface area (Å²) >= 11 is 0. The lowest BCUT2D eigenvalue weighted by Crippen LogP contribution is -2.25. The van der Waals surface area contributed by atoms with E-state index in [0.29, 0.717) is 33.5 Å². The van der Waals surface area contributed by atoms with Crippen molar-refractivity contribution in [3.8, 4) is 0 Å². The van der Waals surface area contributed by atoms with Crippen LogP contribution in [0, 0.1) is 33.5 Å². The van der Waals surface area contributed by atoms with Crippen molar-refractivity contribution in [2.75, 3.05) is 0 Å². The van der Waals surface area contributed by atoms with E-state index in [1.807, 2.05) is 36.4 Å². The highest BCUT2D eigenvalue weighted by Gasteiger charge is 2.57. The van der Waals surface area contributed by atoms with Crippen LogP contribution in [0.2, 0.25) is 0 Å². The molecule has 2 fully saturated rings. The second-order valence-electron chi connectivity index (χ2n) is 13.7. The van der Waals surface area contributed by atoms with Crippen molar-refractivity contribution < 1.29 is 0 Å². The first-order valence-corrected chi connectivity index (χ1v) is 14.5. The Kier molecular flexibility index (Phi) is 6.69. The molecule has 0 saturated heterocycles. The van der Waals surface area contributed by atoms with E-state index in [2.05, 4.69) is 92.1 Å². The van der Waals surface area contributed by atoms with Gasteiger partial charge in [0.25, 0.3) is 0 Å². The van der Waals surface area contributed by atoms with Crippen molar-refractivity contribution in [1.29, 1.82) is 0 Å². The molecule has 200 valence electrons. The molecule has 0 N–H and O–H groups in total. The first-order chi connectivity index (χ1) is 17.9. The van der Waals surface area contributed by atoms with Gasteiger partial charge in [0, 0.05) is 24.3 Å². The minimum Gasteiger partial charge on any atom is -0.261 e. The molecule has 38 heavy (non-hydrogen) atoms. The summed E-state index contributed by atoms with van der Waals surface area (Å²) < 4.78 is 0. The summed E-state index contributed by atoms with van der Waals surface area (Å²) in [5.41, 5.74) is 10.1. The Morgan fingerprint density at radius 2 is 0.895 bits per heavy atom. The van der Waals surface area contributed by atoms with Crippen LogP contribution >= 0.6 is 0 Å². The molecule has 2 aromatic rings. The molecule has 4 aliphatic carbocycles. The van der Waals surface area contributed by atoms with E-state index < -0.39 is 0 Å². The molecule has 4 aliphatic rings. The number of para-hydroxylation sites is 2. The van der Waals surface area contributed by atoms with Gasteiger partial charge in [0.2, 0.25) is 0 Å². The Hall–Kier alpha value is -2.74. The number of nitrogens with zero attached hydrogens (tertiary/aromatic N) is 2. The van der Waals surface area contributed by atoms with E-state index in [4.69, 9.17) is 9.98 Å². The molecule has 0 spiro atoms. The van der Waals surface area contributed by atoms with E-state index in [-0.39, 0.29) is 0 Å². The van der Waals surface area contributed by atoms with Gasteiger partial charge in [-0.25, -0.2) is 0 Å². The van der Waals surface area contributed by atoms with Crippen LogP contribution in [-0.2, 0) is 0 Å². The number of rotatable bonds is 4. The minimum atomic E-state index is 0.330. The molecule has 0 heterocycles. The third kappa shape index (κ3) is 4.34. The third-order valence-corrected chi connectivity index (χ3v) is 11.5. The van der Waals surface area contributed by atoms with Gasteiger partial charge in [-0.15, -0.1) is 0 Å². The van der Waals surface area contributed by atoms with Crippen molar-refractivity contribution in [3.05, 3.63) is 83.0 Å². The minimum absolute atomic E-state index is 0.330. The molecular weight excluding hydrogens is 460 g/mol. The van der Waals surface area contributed by atoms with Crippen LogP contribution in [-0.4, -0.2) is 12.4 Å². The molecule has 0 aliphatic heterocycles. The summed E-state index contributed by atoms with van der Waals surface area (Å²) in [5, 5.41) is 0. The quantitative estimate of drug-likeness (QED) is 0.291. The monoisotopic (exact) mass is 506 g/mol. The standard InChI is InChI=1S/2C18H23N/c2*1-13-14(2)18(4)12-17(13,3)10-15(18)11-19-16-8-6-5-7-9-16/h2*5-9,11,15H,10,12H2,1-4H3. The van der Waals surface area contributed by atoms with Crippen molar-refractivity contribution in [2.24, 2.45) is 43.5 Å². The first-order valence-electron chi connectivity index (χ1n) is 14.5. The number of aliphatic imine (C=N–C) groups is 2. The van der Waals surface area contributed by atoms with E-state index in [1.54, 1.807) is 22.3 Å². The predicted molar refractivity (Wildman–Crippen MR) is 164 cm³/mol. The van der Waals surface area contributed by atoms with Gasteiger partial charge in [-0.2, -0.15) is 0 Å². The lowest BCUT2D eigenvalue weighted by atomic mass is 9.72. The normalized spacial score (nSPS) is 37.6. The van der Waals surface area contributed by atoms with Gasteiger partial charge < -0.3 is 0 Å². The largest absolute Gasteiger partial charge is 0.261 e. The number of fused-ring (bicyclic) bond motifs is 4. The van der Waals surface area contributed by atoms with Crippen LogP contribution in [0.25, 0.3) is 0 Å².